The number of rotatable bonds is 3. The number of nitrogens with zero attached hydrogens (tertiary/aromatic N) is 2. The van der Waals surface area contributed by atoms with Crippen LogP contribution in [0.25, 0.3) is 0 Å². The second-order valence-corrected chi connectivity index (χ2v) is 7.20. The van der Waals surface area contributed by atoms with Gasteiger partial charge in [-0.15, -0.1) is 11.3 Å². The smallest absolute Gasteiger partial charge is 0.224 e. The van der Waals surface area contributed by atoms with E-state index in [4.69, 9.17) is 5.14 Å². The molecular formula is C10H15N3O3S2. The summed E-state index contributed by atoms with van der Waals surface area (Å²) in [6.07, 6.45) is -0.0342. The Kier molecular flexibility index (Phi) is 3.43. The summed E-state index contributed by atoms with van der Waals surface area (Å²) in [6.45, 7) is 3.88. The van der Waals surface area contributed by atoms with E-state index < -0.39 is 15.3 Å². The lowest BCUT2D eigenvalue weighted by molar-refractivity contribution is -0.129. The SMILES string of the molecule is Cc1csc(C(C)N2CC(S(N)(=O)=O)CC2=O)n1. The lowest BCUT2D eigenvalue weighted by Gasteiger charge is -2.22. The molecular weight excluding hydrogens is 274 g/mol. The third-order valence-corrected chi connectivity index (χ3v) is 5.43. The van der Waals surface area contributed by atoms with E-state index in [9.17, 15) is 13.2 Å². The van der Waals surface area contributed by atoms with Crippen molar-refractivity contribution in [3.8, 4) is 0 Å². The number of carbonyl (C=O) groups is 1. The lowest BCUT2D eigenvalue weighted by Crippen LogP contribution is -2.33. The Morgan fingerprint density at radius 2 is 2.28 bits per heavy atom. The van der Waals surface area contributed by atoms with Gasteiger partial charge in [0.25, 0.3) is 0 Å². The number of sulfonamides is 1. The normalized spacial score (nSPS) is 22.5. The molecule has 0 spiro atoms. The molecule has 1 aliphatic heterocycles. The summed E-state index contributed by atoms with van der Waals surface area (Å²) >= 11 is 1.47. The average molecular weight is 289 g/mol. The molecule has 0 bridgehead atoms. The van der Waals surface area contributed by atoms with Crippen LogP contribution in [-0.4, -0.2) is 36.0 Å². The standard InChI is InChI=1S/C10H15N3O3S2/c1-6-5-17-10(12-6)7(2)13-4-8(3-9(13)14)18(11,15)16/h5,7-8H,3-4H2,1-2H3,(H2,11,15,16). The Labute approximate surface area is 110 Å². The highest BCUT2D eigenvalue weighted by molar-refractivity contribution is 7.89. The molecule has 8 heteroatoms. The molecule has 6 nitrogen and oxygen atoms in total. The Hall–Kier alpha value is -0.990. The molecule has 1 aromatic heterocycles. The second-order valence-electron chi connectivity index (χ2n) is 4.46. The van der Waals surface area contributed by atoms with Gasteiger partial charge in [0.05, 0.1) is 6.04 Å². The molecule has 100 valence electrons. The number of aromatic nitrogens is 1. The minimum atomic E-state index is -3.66. The molecule has 1 amide bonds. The second kappa shape index (κ2) is 4.60. The summed E-state index contributed by atoms with van der Waals surface area (Å²) in [7, 11) is -3.66. The number of nitrogens with two attached hydrogens (primary N) is 1. The van der Waals surface area contributed by atoms with E-state index in [1.807, 2.05) is 19.2 Å². The highest BCUT2D eigenvalue weighted by Crippen LogP contribution is 2.29. The molecule has 0 radical (unpaired) electrons. The topological polar surface area (TPSA) is 93.4 Å². The van der Waals surface area contributed by atoms with Gasteiger partial charge < -0.3 is 4.90 Å². The first kappa shape index (κ1) is 13.4. The number of hydrogen-bond acceptors (Lipinski definition) is 5. The van der Waals surface area contributed by atoms with Gasteiger partial charge in [-0.05, 0) is 13.8 Å². The van der Waals surface area contributed by atoms with Crippen molar-refractivity contribution in [2.24, 2.45) is 5.14 Å². The minimum absolute atomic E-state index is 0.0342. The van der Waals surface area contributed by atoms with Gasteiger partial charge in [-0.25, -0.2) is 18.5 Å². The number of likely N-dealkylation sites (tertiary alicyclic amines) is 1. The van der Waals surface area contributed by atoms with Crippen molar-refractivity contribution in [2.75, 3.05) is 6.54 Å². The molecule has 2 heterocycles. The number of aryl methyl sites for hydroxylation is 1. The molecule has 0 aliphatic carbocycles. The first-order chi connectivity index (χ1) is 8.29. The number of primary sulfonamides is 1. The lowest BCUT2D eigenvalue weighted by atomic mass is 10.3. The summed E-state index contributed by atoms with van der Waals surface area (Å²) < 4.78 is 22.5. The van der Waals surface area contributed by atoms with Gasteiger partial charge in [0, 0.05) is 24.0 Å². The van der Waals surface area contributed by atoms with Gasteiger partial charge in [-0.3, -0.25) is 4.79 Å². The molecule has 0 saturated carbocycles. The van der Waals surface area contributed by atoms with Crippen molar-refractivity contribution in [1.82, 2.24) is 9.88 Å². The van der Waals surface area contributed by atoms with Crippen molar-refractivity contribution in [3.05, 3.63) is 16.1 Å². The molecule has 18 heavy (non-hydrogen) atoms. The predicted octanol–water partition coefficient (Wildman–Crippen LogP) is 0.402. The first-order valence-electron chi connectivity index (χ1n) is 5.52. The third-order valence-electron chi connectivity index (χ3n) is 3.05. The molecule has 1 fully saturated rings. The molecule has 2 atom stereocenters. The van der Waals surface area contributed by atoms with Crippen molar-refractivity contribution < 1.29 is 13.2 Å². The molecule has 2 N–H and O–H groups in total. The van der Waals surface area contributed by atoms with Crippen LogP contribution in [0.1, 0.15) is 30.1 Å². The third kappa shape index (κ3) is 2.55. The van der Waals surface area contributed by atoms with E-state index in [0.29, 0.717) is 0 Å². The summed E-state index contributed by atoms with van der Waals surface area (Å²) in [5.74, 6) is -0.186. The van der Waals surface area contributed by atoms with Crippen LogP contribution in [0.5, 0.6) is 0 Å². The molecule has 1 aliphatic rings. The zero-order valence-corrected chi connectivity index (χ0v) is 11.8. The fourth-order valence-electron chi connectivity index (χ4n) is 1.99. The van der Waals surface area contributed by atoms with Crippen LogP contribution in [0, 0.1) is 6.92 Å². The zero-order valence-electron chi connectivity index (χ0n) is 10.2. The van der Waals surface area contributed by atoms with E-state index in [1.54, 1.807) is 0 Å². The summed E-state index contributed by atoms with van der Waals surface area (Å²) in [6, 6.07) is -0.206. The maximum Gasteiger partial charge on any atom is 0.224 e. The van der Waals surface area contributed by atoms with Crippen LogP contribution in [0.3, 0.4) is 0 Å². The Morgan fingerprint density at radius 3 is 2.72 bits per heavy atom. The molecule has 1 saturated heterocycles. The average Bonchev–Trinajstić information content (AvgIpc) is 2.83. The van der Waals surface area contributed by atoms with Crippen LogP contribution in [0.4, 0.5) is 0 Å². The maximum atomic E-state index is 11.8. The van der Waals surface area contributed by atoms with Gasteiger partial charge >= 0.3 is 0 Å². The summed E-state index contributed by atoms with van der Waals surface area (Å²) in [5.41, 5.74) is 0.900. The molecule has 1 aromatic rings. The Bertz CT molecular complexity index is 567. The van der Waals surface area contributed by atoms with Crippen LogP contribution in [-0.2, 0) is 14.8 Å². The van der Waals surface area contributed by atoms with Crippen LogP contribution in [0.2, 0.25) is 0 Å². The highest BCUT2D eigenvalue weighted by Gasteiger charge is 2.39. The fourth-order valence-corrected chi connectivity index (χ4v) is 3.60. The van der Waals surface area contributed by atoms with Gasteiger partial charge in [0.15, 0.2) is 0 Å². The van der Waals surface area contributed by atoms with E-state index in [1.165, 1.54) is 16.2 Å². The number of amides is 1. The number of hydrogen-bond donors (Lipinski definition) is 1. The zero-order chi connectivity index (χ0) is 13.5. The van der Waals surface area contributed by atoms with E-state index >= 15 is 0 Å². The number of thiazole rings is 1. The van der Waals surface area contributed by atoms with Crippen molar-refractivity contribution in [3.63, 3.8) is 0 Å². The van der Waals surface area contributed by atoms with Crippen LogP contribution in [0.15, 0.2) is 5.38 Å². The van der Waals surface area contributed by atoms with Crippen molar-refractivity contribution >= 4 is 27.3 Å². The fraction of sp³-hybridized carbons (Fsp3) is 0.600. The summed E-state index contributed by atoms with van der Waals surface area (Å²) in [4.78, 5) is 17.7. The molecule has 2 rings (SSSR count). The van der Waals surface area contributed by atoms with Crippen molar-refractivity contribution in [2.45, 2.75) is 31.6 Å². The van der Waals surface area contributed by atoms with Gasteiger partial charge in [0.1, 0.15) is 10.3 Å². The van der Waals surface area contributed by atoms with E-state index in [0.717, 1.165) is 10.7 Å². The van der Waals surface area contributed by atoms with E-state index in [-0.39, 0.29) is 24.9 Å². The molecule has 2 unspecified atom stereocenters. The Balaban J connectivity index is 2.18. The maximum absolute atomic E-state index is 11.8. The van der Waals surface area contributed by atoms with Gasteiger partial charge in [-0.2, -0.15) is 0 Å². The summed E-state index contributed by atoms with van der Waals surface area (Å²) in [5, 5.41) is 7.01. The van der Waals surface area contributed by atoms with Gasteiger partial charge in [-0.1, -0.05) is 0 Å². The predicted molar refractivity (Wildman–Crippen MR) is 68.5 cm³/mol. The largest absolute Gasteiger partial charge is 0.332 e. The molecule has 0 aromatic carbocycles. The quantitative estimate of drug-likeness (QED) is 0.871. The first-order valence-corrected chi connectivity index (χ1v) is 8.01. The van der Waals surface area contributed by atoms with E-state index in [2.05, 4.69) is 4.98 Å². The monoisotopic (exact) mass is 289 g/mol. The Morgan fingerprint density at radius 1 is 1.61 bits per heavy atom. The van der Waals surface area contributed by atoms with Crippen LogP contribution < -0.4 is 5.14 Å². The van der Waals surface area contributed by atoms with Crippen LogP contribution >= 0.6 is 11.3 Å². The van der Waals surface area contributed by atoms with Gasteiger partial charge in [0.2, 0.25) is 15.9 Å². The van der Waals surface area contributed by atoms with Crippen molar-refractivity contribution in [1.29, 1.82) is 0 Å². The minimum Gasteiger partial charge on any atom is -0.332 e. The number of carbonyl (C=O) groups excluding carboxylic acids is 1. The highest BCUT2D eigenvalue weighted by atomic mass is 32.2.